The summed E-state index contributed by atoms with van der Waals surface area (Å²) >= 11 is 0. The summed E-state index contributed by atoms with van der Waals surface area (Å²) in [6, 6.07) is 21.1. The van der Waals surface area contributed by atoms with Gasteiger partial charge in [0.05, 0.1) is 18.2 Å². The minimum atomic E-state index is -4.45. The molecule has 0 aliphatic rings. The zero-order chi connectivity index (χ0) is 32.1. The van der Waals surface area contributed by atoms with E-state index < -0.39 is 11.7 Å². The van der Waals surface area contributed by atoms with E-state index in [4.69, 9.17) is 0 Å². The van der Waals surface area contributed by atoms with E-state index in [1.165, 1.54) is 56.6 Å². The molecule has 0 amide bonds. The molecule has 230 valence electrons. The van der Waals surface area contributed by atoms with Crippen molar-refractivity contribution in [3.05, 3.63) is 89.5 Å². The fraction of sp³-hybridized carbons (Fsp3) is 0.382. The van der Waals surface area contributed by atoms with E-state index in [-0.39, 0.29) is 17.4 Å². The average molecular weight is 586 g/mol. The summed E-state index contributed by atoms with van der Waals surface area (Å²) in [6.45, 7) is 14.0. The van der Waals surface area contributed by atoms with Crippen molar-refractivity contribution in [3.8, 4) is 11.4 Å². The Bertz CT molecular complexity index is 1320. The second kappa shape index (κ2) is 20.9. The van der Waals surface area contributed by atoms with Crippen LogP contribution < -0.4 is 5.32 Å². The summed E-state index contributed by atoms with van der Waals surface area (Å²) in [5, 5.41) is 3.67. The number of hydrogen-bond donors (Lipinski definition) is 1. The van der Waals surface area contributed by atoms with Gasteiger partial charge in [-0.25, -0.2) is 9.97 Å². The summed E-state index contributed by atoms with van der Waals surface area (Å²) in [5.41, 5.74) is 2.73. The molecule has 8 heteroatoms. The summed E-state index contributed by atoms with van der Waals surface area (Å²) in [5.74, 6) is 0.304. The van der Waals surface area contributed by atoms with Gasteiger partial charge in [0.15, 0.2) is 5.82 Å². The number of aryl methyl sites for hydroxylation is 2. The van der Waals surface area contributed by atoms with Crippen LogP contribution in [0.5, 0.6) is 0 Å². The van der Waals surface area contributed by atoms with Crippen LogP contribution in [0.2, 0.25) is 0 Å². The summed E-state index contributed by atoms with van der Waals surface area (Å²) in [7, 11) is 3.02. The second-order valence-corrected chi connectivity index (χ2v) is 8.79. The van der Waals surface area contributed by atoms with E-state index >= 15 is 0 Å². The molecule has 0 radical (unpaired) electrons. The van der Waals surface area contributed by atoms with E-state index in [2.05, 4.69) is 72.0 Å². The Kier molecular flexibility index (Phi) is 18.9. The standard InChI is InChI=1S/C16H12F3N3.C10H14.C3H6O2.C3H8.C2H6/c1-20-14-11-7-3-5-9-13(11)21-15(22-14)10-6-2-4-8-12(10)16(17,18)19;1-3-6-10-8-5-4-7-9(10)2;1-3(4)5-2;1-3-2;1-2/h2-9H,1H3,(H,20,21,22);4-5,7-8H,3,6H2,1-2H3;1-2H3;3H2,1-2H3;1-2H3. The molecule has 42 heavy (non-hydrogen) atoms. The van der Waals surface area contributed by atoms with Gasteiger partial charge in [0.2, 0.25) is 0 Å². The normalized spacial score (nSPS) is 9.81. The Hall–Kier alpha value is -3.94. The van der Waals surface area contributed by atoms with E-state index in [0.29, 0.717) is 11.3 Å². The van der Waals surface area contributed by atoms with Crippen molar-refractivity contribution in [1.29, 1.82) is 0 Å². The van der Waals surface area contributed by atoms with Crippen LogP contribution in [0.4, 0.5) is 19.0 Å². The maximum atomic E-state index is 13.2. The monoisotopic (exact) mass is 585 g/mol. The van der Waals surface area contributed by atoms with Crippen molar-refractivity contribution in [1.82, 2.24) is 9.97 Å². The van der Waals surface area contributed by atoms with Crippen LogP contribution in [-0.2, 0) is 22.1 Å². The third kappa shape index (κ3) is 13.1. The Balaban J connectivity index is 0.000000696. The number of carbonyl (C=O) groups is 1. The number of methoxy groups -OCH3 is 1. The lowest BCUT2D eigenvalue weighted by atomic mass is 10.1. The number of benzene rings is 3. The van der Waals surface area contributed by atoms with Crippen molar-refractivity contribution >= 4 is 22.7 Å². The highest BCUT2D eigenvalue weighted by molar-refractivity contribution is 5.90. The molecule has 0 spiro atoms. The van der Waals surface area contributed by atoms with Crippen LogP contribution >= 0.6 is 0 Å². The molecule has 0 aliphatic heterocycles. The molecular weight excluding hydrogens is 539 g/mol. The van der Waals surface area contributed by atoms with Gasteiger partial charge in [0.25, 0.3) is 0 Å². The molecule has 4 rings (SSSR count). The fourth-order valence-corrected chi connectivity index (χ4v) is 3.47. The van der Waals surface area contributed by atoms with Gasteiger partial charge >= 0.3 is 12.1 Å². The molecule has 0 bridgehead atoms. The van der Waals surface area contributed by atoms with E-state index in [0.717, 1.165) is 11.5 Å². The van der Waals surface area contributed by atoms with Crippen LogP contribution in [0.3, 0.4) is 0 Å². The number of hydrogen-bond acceptors (Lipinski definition) is 5. The van der Waals surface area contributed by atoms with Gasteiger partial charge in [-0.2, -0.15) is 13.2 Å². The molecule has 3 aromatic carbocycles. The first-order valence-electron chi connectivity index (χ1n) is 14.2. The first-order valence-corrected chi connectivity index (χ1v) is 14.2. The van der Waals surface area contributed by atoms with Crippen molar-refractivity contribution in [2.24, 2.45) is 0 Å². The van der Waals surface area contributed by atoms with Crippen molar-refractivity contribution in [2.45, 2.75) is 73.9 Å². The smallest absolute Gasteiger partial charge is 0.417 e. The lowest BCUT2D eigenvalue weighted by molar-refractivity contribution is -0.138. The number of fused-ring (bicyclic) bond motifs is 1. The predicted octanol–water partition coefficient (Wildman–Crippen LogP) is 9.93. The van der Waals surface area contributed by atoms with E-state index in [9.17, 15) is 18.0 Å². The molecule has 4 aromatic rings. The molecule has 0 aliphatic carbocycles. The van der Waals surface area contributed by atoms with Crippen LogP contribution in [0.15, 0.2) is 72.8 Å². The number of esters is 1. The maximum Gasteiger partial charge on any atom is 0.417 e. The first-order chi connectivity index (χ1) is 20.0. The molecule has 1 N–H and O–H groups in total. The van der Waals surface area contributed by atoms with Gasteiger partial charge in [0, 0.05) is 24.9 Å². The largest absolute Gasteiger partial charge is 0.469 e. The fourth-order valence-electron chi connectivity index (χ4n) is 3.47. The molecule has 1 heterocycles. The third-order valence-corrected chi connectivity index (χ3v) is 5.38. The van der Waals surface area contributed by atoms with Gasteiger partial charge in [0.1, 0.15) is 5.82 Å². The number of carbonyl (C=O) groups excluding carboxylic acids is 1. The highest BCUT2D eigenvalue weighted by Crippen LogP contribution is 2.36. The molecule has 0 saturated carbocycles. The highest BCUT2D eigenvalue weighted by Gasteiger charge is 2.34. The van der Waals surface area contributed by atoms with Crippen molar-refractivity contribution in [2.75, 3.05) is 19.5 Å². The molecule has 0 unspecified atom stereocenters. The quantitative estimate of drug-likeness (QED) is 0.242. The Morgan fingerprint density at radius 3 is 1.93 bits per heavy atom. The topological polar surface area (TPSA) is 64.1 Å². The highest BCUT2D eigenvalue weighted by atomic mass is 19.4. The number of alkyl halides is 3. The molecule has 0 fully saturated rings. The zero-order valence-corrected chi connectivity index (χ0v) is 26.4. The minimum Gasteiger partial charge on any atom is -0.469 e. The molecule has 5 nitrogen and oxygen atoms in total. The predicted molar refractivity (Wildman–Crippen MR) is 170 cm³/mol. The Morgan fingerprint density at radius 2 is 1.40 bits per heavy atom. The van der Waals surface area contributed by atoms with Gasteiger partial charge in [-0.05, 0) is 42.7 Å². The number of nitrogens with one attached hydrogen (secondary N) is 1. The van der Waals surface area contributed by atoms with E-state index in [1.807, 2.05) is 26.0 Å². The number of para-hydroxylation sites is 1. The van der Waals surface area contributed by atoms with Crippen LogP contribution in [0.1, 0.15) is 71.1 Å². The van der Waals surface area contributed by atoms with Gasteiger partial charge < -0.3 is 10.1 Å². The van der Waals surface area contributed by atoms with Gasteiger partial charge in [-0.15, -0.1) is 0 Å². The number of nitrogens with zero attached hydrogens (tertiary/aromatic N) is 2. The molecule has 0 atom stereocenters. The van der Waals surface area contributed by atoms with Crippen molar-refractivity contribution < 1.29 is 22.7 Å². The lowest BCUT2D eigenvalue weighted by Crippen LogP contribution is -2.08. The Morgan fingerprint density at radius 1 is 0.881 bits per heavy atom. The number of anilines is 1. The SMILES string of the molecule is CC.CCC.CCCc1ccccc1C.CNc1nc(-c2ccccc2C(F)(F)F)nc2ccccc12.COC(C)=O. The third-order valence-electron chi connectivity index (χ3n) is 5.38. The summed E-state index contributed by atoms with van der Waals surface area (Å²) in [6.07, 6.45) is -0.747. The lowest BCUT2D eigenvalue weighted by Gasteiger charge is -2.13. The molecular formula is C34H46F3N3O2. The number of aromatic nitrogens is 2. The first kappa shape index (κ1) is 38.1. The molecule has 1 aromatic heterocycles. The zero-order valence-electron chi connectivity index (χ0n) is 26.4. The van der Waals surface area contributed by atoms with E-state index in [1.54, 1.807) is 25.2 Å². The van der Waals surface area contributed by atoms with Crippen molar-refractivity contribution in [3.63, 3.8) is 0 Å². The van der Waals surface area contributed by atoms with Gasteiger partial charge in [-0.1, -0.05) is 102 Å². The van der Waals surface area contributed by atoms with Crippen LogP contribution in [-0.4, -0.2) is 30.1 Å². The summed E-state index contributed by atoms with van der Waals surface area (Å²) in [4.78, 5) is 18.1. The molecule has 0 saturated heterocycles. The minimum absolute atomic E-state index is 0.0303. The number of halogens is 3. The Labute approximate surface area is 249 Å². The van der Waals surface area contributed by atoms with Gasteiger partial charge in [-0.3, -0.25) is 4.79 Å². The van der Waals surface area contributed by atoms with Crippen LogP contribution in [0.25, 0.3) is 22.3 Å². The maximum absolute atomic E-state index is 13.2. The number of rotatable bonds is 4. The number of ether oxygens (including phenoxy) is 1. The average Bonchev–Trinajstić information content (AvgIpc) is 2.99. The second-order valence-electron chi connectivity index (χ2n) is 8.79. The van der Waals surface area contributed by atoms with Crippen LogP contribution in [0, 0.1) is 6.92 Å². The summed E-state index contributed by atoms with van der Waals surface area (Å²) < 4.78 is 43.6.